The van der Waals surface area contributed by atoms with E-state index in [0.29, 0.717) is 11.5 Å². The van der Waals surface area contributed by atoms with Gasteiger partial charge in [-0.25, -0.2) is 13.1 Å². The smallest absolute Gasteiger partial charge is 0.175 e. The molecule has 1 aromatic carbocycles. The second-order valence-corrected chi connectivity index (χ2v) is 5.47. The van der Waals surface area contributed by atoms with Crippen LogP contribution in [0.5, 0.6) is 0 Å². The Hall–Kier alpha value is -1.82. The molecule has 0 aliphatic carbocycles. The van der Waals surface area contributed by atoms with Gasteiger partial charge in [0.2, 0.25) is 0 Å². The standard InChI is InChI=1S/C10H11N3O2S/c1-16(14,15)9-4-2-3-8(7-9)13-6-5-10(11)12-13/h2-7H,1H3,(H2,11,12). The first-order chi connectivity index (χ1) is 7.47. The highest BCUT2D eigenvalue weighted by molar-refractivity contribution is 7.90. The number of nitrogens with zero attached hydrogens (tertiary/aromatic N) is 2. The summed E-state index contributed by atoms with van der Waals surface area (Å²) in [5.74, 6) is 0.393. The average molecular weight is 237 g/mol. The van der Waals surface area contributed by atoms with E-state index >= 15 is 0 Å². The van der Waals surface area contributed by atoms with E-state index in [1.54, 1.807) is 36.5 Å². The molecule has 0 amide bonds. The van der Waals surface area contributed by atoms with Crippen LogP contribution in [0.3, 0.4) is 0 Å². The van der Waals surface area contributed by atoms with E-state index in [0.717, 1.165) is 0 Å². The lowest BCUT2D eigenvalue weighted by molar-refractivity contribution is 0.601. The molecule has 6 heteroatoms. The summed E-state index contributed by atoms with van der Waals surface area (Å²) >= 11 is 0. The molecule has 0 spiro atoms. The molecule has 0 atom stereocenters. The van der Waals surface area contributed by atoms with Crippen molar-refractivity contribution in [3.8, 4) is 5.69 Å². The van der Waals surface area contributed by atoms with E-state index in [1.165, 1.54) is 10.9 Å². The molecule has 0 aliphatic heterocycles. The number of nitrogens with two attached hydrogens (primary N) is 1. The normalized spacial score (nSPS) is 11.6. The molecule has 0 fully saturated rings. The molecule has 1 aromatic heterocycles. The SMILES string of the molecule is CS(=O)(=O)c1cccc(-n2ccc(N)n2)c1. The van der Waals surface area contributed by atoms with Crippen molar-refractivity contribution in [2.45, 2.75) is 4.90 Å². The minimum Gasteiger partial charge on any atom is -0.382 e. The Morgan fingerprint density at radius 3 is 2.62 bits per heavy atom. The van der Waals surface area contributed by atoms with Crippen LogP contribution in [0.25, 0.3) is 5.69 Å². The van der Waals surface area contributed by atoms with Gasteiger partial charge in [-0.05, 0) is 18.2 Å². The predicted molar refractivity (Wildman–Crippen MR) is 61.1 cm³/mol. The topological polar surface area (TPSA) is 78.0 Å². The van der Waals surface area contributed by atoms with Crippen molar-refractivity contribution in [2.24, 2.45) is 0 Å². The highest BCUT2D eigenvalue weighted by Gasteiger charge is 2.08. The number of sulfone groups is 1. The first-order valence-electron chi connectivity index (χ1n) is 4.58. The van der Waals surface area contributed by atoms with Gasteiger partial charge in [-0.3, -0.25) is 0 Å². The summed E-state index contributed by atoms with van der Waals surface area (Å²) < 4.78 is 24.3. The van der Waals surface area contributed by atoms with Crippen molar-refractivity contribution < 1.29 is 8.42 Å². The third kappa shape index (κ3) is 2.06. The van der Waals surface area contributed by atoms with Gasteiger partial charge in [-0.15, -0.1) is 0 Å². The zero-order chi connectivity index (χ0) is 11.8. The van der Waals surface area contributed by atoms with Gasteiger partial charge in [0.1, 0.15) is 5.82 Å². The van der Waals surface area contributed by atoms with Crippen LogP contribution in [0.1, 0.15) is 0 Å². The maximum atomic E-state index is 11.4. The van der Waals surface area contributed by atoms with Gasteiger partial charge in [-0.2, -0.15) is 5.10 Å². The number of rotatable bonds is 2. The minimum absolute atomic E-state index is 0.263. The number of hydrogen-bond acceptors (Lipinski definition) is 4. The fourth-order valence-corrected chi connectivity index (χ4v) is 2.00. The van der Waals surface area contributed by atoms with Crippen molar-refractivity contribution in [3.63, 3.8) is 0 Å². The van der Waals surface area contributed by atoms with Crippen LogP contribution in [-0.4, -0.2) is 24.5 Å². The van der Waals surface area contributed by atoms with Crippen LogP contribution in [0.2, 0.25) is 0 Å². The number of benzene rings is 1. The Morgan fingerprint density at radius 2 is 2.06 bits per heavy atom. The van der Waals surface area contributed by atoms with Crippen molar-refractivity contribution in [2.75, 3.05) is 12.0 Å². The third-order valence-corrected chi connectivity index (χ3v) is 3.23. The van der Waals surface area contributed by atoms with Gasteiger partial charge in [0.15, 0.2) is 9.84 Å². The quantitative estimate of drug-likeness (QED) is 0.840. The molecule has 2 aromatic rings. The van der Waals surface area contributed by atoms with Gasteiger partial charge in [-0.1, -0.05) is 6.07 Å². The van der Waals surface area contributed by atoms with E-state index in [-0.39, 0.29) is 4.90 Å². The van der Waals surface area contributed by atoms with Crippen LogP contribution in [-0.2, 0) is 9.84 Å². The Kier molecular flexibility index (Phi) is 2.43. The molecule has 16 heavy (non-hydrogen) atoms. The molecular weight excluding hydrogens is 226 g/mol. The van der Waals surface area contributed by atoms with Crippen LogP contribution < -0.4 is 5.73 Å². The molecule has 0 radical (unpaired) electrons. The summed E-state index contributed by atoms with van der Waals surface area (Å²) in [6, 6.07) is 8.19. The third-order valence-electron chi connectivity index (χ3n) is 2.12. The molecule has 84 valence electrons. The fraction of sp³-hybridized carbons (Fsp3) is 0.100. The summed E-state index contributed by atoms with van der Waals surface area (Å²) in [6.07, 6.45) is 2.85. The zero-order valence-electron chi connectivity index (χ0n) is 8.66. The van der Waals surface area contributed by atoms with E-state index in [4.69, 9.17) is 5.73 Å². The van der Waals surface area contributed by atoms with Gasteiger partial charge in [0.05, 0.1) is 10.6 Å². The van der Waals surface area contributed by atoms with E-state index in [1.807, 2.05) is 0 Å². The largest absolute Gasteiger partial charge is 0.382 e. The Bertz CT molecular complexity index is 616. The van der Waals surface area contributed by atoms with Crippen LogP contribution in [0, 0.1) is 0 Å². The molecule has 1 heterocycles. The van der Waals surface area contributed by atoms with Gasteiger partial charge in [0, 0.05) is 18.5 Å². The summed E-state index contributed by atoms with van der Waals surface area (Å²) in [6.45, 7) is 0. The Labute approximate surface area is 93.4 Å². The van der Waals surface area contributed by atoms with Crippen LogP contribution in [0.15, 0.2) is 41.4 Å². The lowest BCUT2D eigenvalue weighted by atomic mass is 10.3. The molecule has 0 bridgehead atoms. The van der Waals surface area contributed by atoms with E-state index in [2.05, 4.69) is 5.10 Å². The molecule has 2 rings (SSSR count). The minimum atomic E-state index is -3.20. The molecular formula is C10H11N3O2S. The first-order valence-corrected chi connectivity index (χ1v) is 6.47. The van der Waals surface area contributed by atoms with E-state index in [9.17, 15) is 8.42 Å². The lowest BCUT2D eigenvalue weighted by Gasteiger charge is -2.03. The van der Waals surface area contributed by atoms with Crippen molar-refractivity contribution in [1.82, 2.24) is 9.78 Å². The van der Waals surface area contributed by atoms with Crippen molar-refractivity contribution in [3.05, 3.63) is 36.5 Å². The average Bonchev–Trinajstić information content (AvgIpc) is 2.64. The van der Waals surface area contributed by atoms with Gasteiger partial charge < -0.3 is 5.73 Å². The number of aromatic nitrogens is 2. The van der Waals surface area contributed by atoms with Crippen molar-refractivity contribution in [1.29, 1.82) is 0 Å². The monoisotopic (exact) mass is 237 g/mol. The van der Waals surface area contributed by atoms with Crippen LogP contribution in [0.4, 0.5) is 5.82 Å². The van der Waals surface area contributed by atoms with E-state index < -0.39 is 9.84 Å². The first kappa shape index (κ1) is 10.7. The molecule has 0 saturated heterocycles. The predicted octanol–water partition coefficient (Wildman–Crippen LogP) is 0.858. The Balaban J connectivity index is 2.52. The second-order valence-electron chi connectivity index (χ2n) is 3.45. The van der Waals surface area contributed by atoms with Crippen LogP contribution >= 0.6 is 0 Å². The number of nitrogen functional groups attached to an aromatic ring is 1. The molecule has 0 saturated carbocycles. The van der Waals surface area contributed by atoms with Crippen molar-refractivity contribution >= 4 is 15.7 Å². The second kappa shape index (κ2) is 3.64. The molecule has 0 unspecified atom stereocenters. The number of anilines is 1. The number of hydrogen-bond donors (Lipinski definition) is 1. The summed E-state index contributed by atoms with van der Waals surface area (Å²) in [5, 5.41) is 4.00. The highest BCUT2D eigenvalue weighted by Crippen LogP contribution is 2.14. The molecule has 0 aliphatic rings. The summed E-state index contributed by atoms with van der Waals surface area (Å²) in [7, 11) is -3.20. The maximum Gasteiger partial charge on any atom is 0.175 e. The summed E-state index contributed by atoms with van der Waals surface area (Å²) in [5.41, 5.74) is 6.16. The summed E-state index contributed by atoms with van der Waals surface area (Å²) in [4.78, 5) is 0.263. The molecule has 5 nitrogen and oxygen atoms in total. The fourth-order valence-electron chi connectivity index (χ4n) is 1.34. The maximum absolute atomic E-state index is 11.4. The Morgan fingerprint density at radius 1 is 1.31 bits per heavy atom. The van der Waals surface area contributed by atoms with Gasteiger partial charge in [0.25, 0.3) is 0 Å². The zero-order valence-corrected chi connectivity index (χ0v) is 9.48. The lowest BCUT2D eigenvalue weighted by Crippen LogP contribution is -2.01. The highest BCUT2D eigenvalue weighted by atomic mass is 32.2. The molecule has 2 N–H and O–H groups in total. The van der Waals surface area contributed by atoms with Gasteiger partial charge >= 0.3 is 0 Å².